The van der Waals surface area contributed by atoms with Gasteiger partial charge < -0.3 is 10.1 Å². The first-order valence-corrected chi connectivity index (χ1v) is 14.9. The van der Waals surface area contributed by atoms with Gasteiger partial charge in [0.2, 0.25) is 15.9 Å². The van der Waals surface area contributed by atoms with Gasteiger partial charge in [-0.15, -0.1) is 0 Å². The summed E-state index contributed by atoms with van der Waals surface area (Å²) in [5, 5.41) is 2.64. The van der Waals surface area contributed by atoms with Crippen molar-refractivity contribution in [1.29, 1.82) is 0 Å². The average Bonchev–Trinajstić information content (AvgIpc) is 2.81. The normalized spacial score (nSPS) is 12.4. The van der Waals surface area contributed by atoms with Crippen LogP contribution in [0, 0.1) is 0 Å². The number of benzene rings is 3. The smallest absolute Gasteiger partial charge is 0.261 e. The van der Waals surface area contributed by atoms with Gasteiger partial charge in [0, 0.05) is 15.8 Å². The molecular weight excluding hydrogens is 570 g/mol. The molecule has 0 aromatic heterocycles. The van der Waals surface area contributed by atoms with Gasteiger partial charge >= 0.3 is 0 Å². The number of sulfonamides is 2. The van der Waals surface area contributed by atoms with Gasteiger partial charge in [-0.05, 0) is 86.6 Å². The van der Waals surface area contributed by atoms with Crippen LogP contribution in [-0.2, 0) is 24.8 Å². The standard InChI is InChI=1S/C24H26BrN3O6S2/c1-4-34-22-13-11-21(12-14-22)28(35(3,30)31)17(2)24(29)26-19-9-15-23(16-10-19)36(32,33)27-20-7-5-18(25)6-8-20/h5-17,27H,4H2,1-3H3,(H,26,29). The highest BCUT2D eigenvalue weighted by molar-refractivity contribution is 9.10. The van der Waals surface area contributed by atoms with Crippen LogP contribution in [-0.4, -0.2) is 41.6 Å². The third-order valence-electron chi connectivity index (χ3n) is 5.02. The molecule has 0 spiro atoms. The first kappa shape index (κ1) is 27.5. The maximum atomic E-state index is 12.9. The minimum absolute atomic E-state index is 0.00335. The number of hydrogen-bond acceptors (Lipinski definition) is 6. The van der Waals surface area contributed by atoms with Gasteiger partial charge in [-0.2, -0.15) is 0 Å². The van der Waals surface area contributed by atoms with Crippen LogP contribution in [0.4, 0.5) is 17.1 Å². The SMILES string of the molecule is CCOc1ccc(N(C(C)C(=O)Nc2ccc(S(=O)(=O)Nc3ccc(Br)cc3)cc2)S(C)(=O)=O)cc1. The topological polar surface area (TPSA) is 122 Å². The minimum Gasteiger partial charge on any atom is -0.494 e. The Bertz CT molecular complexity index is 1410. The molecule has 0 radical (unpaired) electrons. The quantitative estimate of drug-likeness (QED) is 0.357. The van der Waals surface area contributed by atoms with E-state index in [0.29, 0.717) is 29.4 Å². The predicted molar refractivity (Wildman–Crippen MR) is 144 cm³/mol. The van der Waals surface area contributed by atoms with Crippen molar-refractivity contribution in [3.63, 3.8) is 0 Å². The zero-order valence-corrected chi connectivity index (χ0v) is 23.0. The first-order chi connectivity index (χ1) is 16.9. The second-order valence-electron chi connectivity index (χ2n) is 7.79. The molecule has 1 amide bonds. The number of hydrogen-bond donors (Lipinski definition) is 2. The number of ether oxygens (including phenoxy) is 1. The molecule has 12 heteroatoms. The van der Waals surface area contributed by atoms with Crippen molar-refractivity contribution in [2.75, 3.05) is 27.2 Å². The van der Waals surface area contributed by atoms with Crippen molar-refractivity contribution in [2.24, 2.45) is 0 Å². The number of nitrogens with one attached hydrogen (secondary N) is 2. The number of carbonyl (C=O) groups excluding carboxylic acids is 1. The summed E-state index contributed by atoms with van der Waals surface area (Å²) in [5.74, 6) is -0.00521. The summed E-state index contributed by atoms with van der Waals surface area (Å²) >= 11 is 3.30. The summed E-state index contributed by atoms with van der Waals surface area (Å²) in [6.07, 6.45) is 1.02. The third kappa shape index (κ3) is 6.99. The number of amides is 1. The van der Waals surface area contributed by atoms with Crippen molar-refractivity contribution in [2.45, 2.75) is 24.8 Å². The molecule has 3 rings (SSSR count). The summed E-state index contributed by atoms with van der Waals surface area (Å²) in [6.45, 7) is 3.77. The second-order valence-corrected chi connectivity index (χ2v) is 12.2. The van der Waals surface area contributed by atoms with E-state index in [9.17, 15) is 21.6 Å². The van der Waals surface area contributed by atoms with Crippen molar-refractivity contribution in [3.8, 4) is 5.75 Å². The van der Waals surface area contributed by atoms with Gasteiger partial charge in [-0.1, -0.05) is 15.9 Å². The van der Waals surface area contributed by atoms with Crippen LogP contribution in [0.1, 0.15) is 13.8 Å². The van der Waals surface area contributed by atoms with E-state index in [1.807, 2.05) is 6.92 Å². The van der Waals surface area contributed by atoms with E-state index in [1.165, 1.54) is 31.2 Å². The van der Waals surface area contributed by atoms with Gasteiger partial charge in [0.05, 0.1) is 23.4 Å². The molecule has 0 saturated carbocycles. The van der Waals surface area contributed by atoms with Gasteiger partial charge in [0.15, 0.2) is 0 Å². The molecule has 1 unspecified atom stereocenters. The Morgan fingerprint density at radius 3 is 2.00 bits per heavy atom. The van der Waals surface area contributed by atoms with Crippen molar-refractivity contribution in [1.82, 2.24) is 0 Å². The van der Waals surface area contributed by atoms with Crippen molar-refractivity contribution in [3.05, 3.63) is 77.3 Å². The summed E-state index contributed by atoms with van der Waals surface area (Å²) in [4.78, 5) is 12.9. The molecule has 1 atom stereocenters. The highest BCUT2D eigenvalue weighted by Crippen LogP contribution is 2.25. The molecule has 0 bridgehead atoms. The van der Waals surface area contributed by atoms with Gasteiger partial charge in [-0.25, -0.2) is 16.8 Å². The Morgan fingerprint density at radius 1 is 0.917 bits per heavy atom. The van der Waals surface area contributed by atoms with Crippen molar-refractivity contribution >= 4 is 58.9 Å². The lowest BCUT2D eigenvalue weighted by Crippen LogP contribution is -2.45. The lowest BCUT2D eigenvalue weighted by molar-refractivity contribution is -0.116. The predicted octanol–water partition coefficient (Wildman–Crippen LogP) is 4.44. The third-order valence-corrected chi connectivity index (χ3v) is 8.19. The van der Waals surface area contributed by atoms with Crippen LogP contribution in [0.25, 0.3) is 0 Å². The lowest BCUT2D eigenvalue weighted by Gasteiger charge is -2.28. The molecular formula is C24H26BrN3O6S2. The maximum Gasteiger partial charge on any atom is 0.261 e. The lowest BCUT2D eigenvalue weighted by atomic mass is 10.2. The van der Waals surface area contributed by atoms with E-state index in [4.69, 9.17) is 4.74 Å². The van der Waals surface area contributed by atoms with Crippen LogP contribution < -0.4 is 19.1 Å². The average molecular weight is 597 g/mol. The number of halogens is 1. The molecule has 0 aliphatic carbocycles. The highest BCUT2D eigenvalue weighted by atomic mass is 79.9. The molecule has 3 aromatic rings. The summed E-state index contributed by atoms with van der Waals surface area (Å²) in [6, 6.07) is 17.5. The van der Waals surface area contributed by atoms with E-state index < -0.39 is 32.0 Å². The first-order valence-electron chi connectivity index (χ1n) is 10.8. The Morgan fingerprint density at radius 2 is 1.47 bits per heavy atom. The van der Waals surface area contributed by atoms with Crippen LogP contribution in [0.5, 0.6) is 5.75 Å². The van der Waals surface area contributed by atoms with Crippen LogP contribution in [0.2, 0.25) is 0 Å². The monoisotopic (exact) mass is 595 g/mol. The van der Waals surface area contributed by atoms with E-state index >= 15 is 0 Å². The largest absolute Gasteiger partial charge is 0.494 e. The molecule has 3 aromatic carbocycles. The zero-order valence-electron chi connectivity index (χ0n) is 19.8. The van der Waals surface area contributed by atoms with E-state index in [-0.39, 0.29) is 4.90 Å². The zero-order chi connectivity index (χ0) is 26.5. The molecule has 0 saturated heterocycles. The molecule has 2 N–H and O–H groups in total. The highest BCUT2D eigenvalue weighted by Gasteiger charge is 2.29. The maximum absolute atomic E-state index is 12.9. The Kier molecular flexibility index (Phi) is 8.64. The number of carbonyl (C=O) groups is 1. The van der Waals surface area contributed by atoms with Crippen LogP contribution in [0.3, 0.4) is 0 Å². The van der Waals surface area contributed by atoms with Gasteiger partial charge in [0.25, 0.3) is 10.0 Å². The molecule has 0 aliphatic heterocycles. The Balaban J connectivity index is 1.74. The molecule has 192 valence electrons. The summed E-state index contributed by atoms with van der Waals surface area (Å²) in [5.41, 5.74) is 1.03. The molecule has 0 fully saturated rings. The number of anilines is 3. The van der Waals surface area contributed by atoms with Gasteiger partial charge in [0.1, 0.15) is 11.8 Å². The fourth-order valence-corrected chi connectivity index (χ4v) is 5.86. The number of rotatable bonds is 10. The Hall–Kier alpha value is -3.09. The van der Waals surface area contributed by atoms with Crippen molar-refractivity contribution < 1.29 is 26.4 Å². The van der Waals surface area contributed by atoms with Crippen LogP contribution >= 0.6 is 15.9 Å². The van der Waals surface area contributed by atoms with Gasteiger partial charge in [-0.3, -0.25) is 13.8 Å². The molecule has 0 aliphatic rings. The van der Waals surface area contributed by atoms with Crippen LogP contribution in [0.15, 0.2) is 82.2 Å². The Labute approximate surface area is 219 Å². The summed E-state index contributed by atoms with van der Waals surface area (Å²) < 4.78 is 60.0. The minimum atomic E-state index is -3.84. The van der Waals surface area contributed by atoms with E-state index in [2.05, 4.69) is 26.0 Å². The second kappa shape index (κ2) is 11.3. The molecule has 36 heavy (non-hydrogen) atoms. The number of nitrogens with zero attached hydrogens (tertiary/aromatic N) is 1. The molecule has 9 nitrogen and oxygen atoms in total. The van der Waals surface area contributed by atoms with E-state index in [1.54, 1.807) is 48.5 Å². The fraction of sp³-hybridized carbons (Fsp3) is 0.208. The van der Waals surface area contributed by atoms with E-state index in [0.717, 1.165) is 15.0 Å². The fourth-order valence-electron chi connectivity index (χ4n) is 3.36. The molecule has 0 heterocycles. The summed E-state index contributed by atoms with van der Waals surface area (Å²) in [7, 11) is -7.64.